The van der Waals surface area contributed by atoms with E-state index in [0.717, 1.165) is 32.5 Å². The van der Waals surface area contributed by atoms with Crippen LogP contribution in [0.25, 0.3) is 0 Å². The van der Waals surface area contributed by atoms with Gasteiger partial charge in [0.1, 0.15) is 5.60 Å². The van der Waals surface area contributed by atoms with Crippen molar-refractivity contribution < 1.29 is 9.53 Å². The van der Waals surface area contributed by atoms with E-state index >= 15 is 0 Å². The summed E-state index contributed by atoms with van der Waals surface area (Å²) < 4.78 is 5.86. The van der Waals surface area contributed by atoms with Gasteiger partial charge in [0.15, 0.2) is 4.47 Å². The maximum atomic E-state index is 11.6. The number of hydrogen-bond acceptors (Lipinski definition) is 5. The molecule has 0 saturated carbocycles. The van der Waals surface area contributed by atoms with Crippen LogP contribution in [-0.2, 0) is 11.3 Å². The van der Waals surface area contributed by atoms with Gasteiger partial charge >= 0.3 is 6.09 Å². The predicted molar refractivity (Wildman–Crippen MR) is 89.4 cm³/mol. The Morgan fingerprint density at radius 3 is 2.73 bits per heavy atom. The molecule has 0 bridgehead atoms. The van der Waals surface area contributed by atoms with Crippen LogP contribution in [0.5, 0.6) is 0 Å². The molecule has 2 heterocycles. The van der Waals surface area contributed by atoms with Crippen LogP contribution in [0.3, 0.4) is 0 Å². The average Bonchev–Trinajstić information content (AvgIpc) is 2.81. The highest BCUT2D eigenvalue weighted by molar-refractivity contribution is 7.15. The van der Waals surface area contributed by atoms with E-state index in [2.05, 4.69) is 15.2 Å². The molecule has 0 atom stereocenters. The Labute approximate surface area is 141 Å². The Morgan fingerprint density at radius 2 is 2.18 bits per heavy atom. The summed E-state index contributed by atoms with van der Waals surface area (Å²) in [6, 6.07) is 0. The van der Waals surface area contributed by atoms with Gasteiger partial charge in [-0.1, -0.05) is 11.6 Å². The normalized spacial score (nSPS) is 17.5. The lowest BCUT2D eigenvalue weighted by Gasteiger charge is -2.31. The van der Waals surface area contributed by atoms with Gasteiger partial charge in [0.05, 0.1) is 0 Å². The van der Waals surface area contributed by atoms with Crippen molar-refractivity contribution in [2.75, 3.05) is 19.6 Å². The summed E-state index contributed by atoms with van der Waals surface area (Å²) in [6.07, 6.45) is 3.70. The van der Waals surface area contributed by atoms with Crippen LogP contribution in [0.2, 0.25) is 4.47 Å². The number of thiazole rings is 1. The fourth-order valence-electron chi connectivity index (χ4n) is 2.47. The zero-order chi connectivity index (χ0) is 16.2. The van der Waals surface area contributed by atoms with Crippen LogP contribution in [0.1, 0.15) is 38.5 Å². The van der Waals surface area contributed by atoms with E-state index in [1.54, 1.807) is 11.3 Å². The largest absolute Gasteiger partial charge is 0.444 e. The Morgan fingerprint density at radius 1 is 1.50 bits per heavy atom. The molecule has 0 radical (unpaired) electrons. The summed E-state index contributed by atoms with van der Waals surface area (Å²) in [7, 11) is 0. The van der Waals surface area contributed by atoms with Crippen molar-refractivity contribution in [3.63, 3.8) is 0 Å². The second kappa shape index (κ2) is 7.62. The minimum atomic E-state index is -0.441. The first-order valence-electron chi connectivity index (χ1n) is 7.61. The van der Waals surface area contributed by atoms with E-state index in [1.165, 1.54) is 4.88 Å². The van der Waals surface area contributed by atoms with Gasteiger partial charge in [-0.05, 0) is 52.6 Å². The number of likely N-dealkylation sites (tertiary alicyclic amines) is 1. The van der Waals surface area contributed by atoms with Crippen LogP contribution in [-0.4, -0.2) is 41.2 Å². The summed E-state index contributed by atoms with van der Waals surface area (Å²) in [5.74, 6) is 0.522. The molecule has 1 amide bonds. The number of alkyl carbamates (subject to hydrolysis) is 1. The molecule has 0 unspecified atom stereocenters. The van der Waals surface area contributed by atoms with E-state index in [-0.39, 0.29) is 6.09 Å². The number of rotatable bonds is 4. The second-order valence-corrected chi connectivity index (χ2v) is 8.38. The molecule has 7 heteroatoms. The standard InChI is InChI=1S/C15H24ClN3O2S/c1-15(2,3)21-14(20)18-8-11-4-6-19(7-5-11)10-12-9-17-13(16)22-12/h9,11H,4-8,10H2,1-3H3,(H,18,20). The van der Waals surface area contributed by atoms with Gasteiger partial charge in [-0.3, -0.25) is 4.90 Å². The molecule has 0 aliphatic carbocycles. The molecule has 0 spiro atoms. The monoisotopic (exact) mass is 345 g/mol. The van der Waals surface area contributed by atoms with E-state index in [1.807, 2.05) is 27.0 Å². The minimum absolute atomic E-state index is 0.325. The van der Waals surface area contributed by atoms with Gasteiger partial charge in [-0.15, -0.1) is 11.3 Å². The summed E-state index contributed by atoms with van der Waals surface area (Å²) in [5.41, 5.74) is -0.441. The number of nitrogens with one attached hydrogen (secondary N) is 1. The van der Waals surface area contributed by atoms with Gasteiger partial charge in [0.25, 0.3) is 0 Å². The fraction of sp³-hybridized carbons (Fsp3) is 0.733. The molecule has 124 valence electrons. The number of halogens is 1. The number of aromatic nitrogens is 1. The third-order valence-electron chi connectivity index (χ3n) is 3.55. The highest BCUT2D eigenvalue weighted by Crippen LogP contribution is 2.23. The molecule has 1 aliphatic heterocycles. The molecule has 1 aromatic heterocycles. The van der Waals surface area contributed by atoms with Gasteiger partial charge in [-0.25, -0.2) is 9.78 Å². The van der Waals surface area contributed by atoms with Gasteiger partial charge < -0.3 is 10.1 Å². The number of piperidine rings is 1. The van der Waals surface area contributed by atoms with Gasteiger partial charge in [0.2, 0.25) is 0 Å². The Kier molecular flexibility index (Phi) is 6.06. The molecular formula is C15H24ClN3O2S. The van der Waals surface area contributed by atoms with Crippen molar-refractivity contribution in [1.29, 1.82) is 0 Å². The lowest BCUT2D eigenvalue weighted by Crippen LogP contribution is -2.39. The van der Waals surface area contributed by atoms with Crippen LogP contribution >= 0.6 is 22.9 Å². The summed E-state index contributed by atoms with van der Waals surface area (Å²) >= 11 is 7.40. The highest BCUT2D eigenvalue weighted by atomic mass is 35.5. The minimum Gasteiger partial charge on any atom is -0.444 e. The maximum absolute atomic E-state index is 11.6. The van der Waals surface area contributed by atoms with Crippen molar-refractivity contribution >= 4 is 29.0 Å². The fourth-order valence-corrected chi connectivity index (χ4v) is 3.49. The number of carbonyl (C=O) groups excluding carboxylic acids is 1. The number of carbonyl (C=O) groups is 1. The van der Waals surface area contributed by atoms with Crippen LogP contribution in [0.4, 0.5) is 4.79 Å². The lowest BCUT2D eigenvalue weighted by molar-refractivity contribution is 0.0509. The van der Waals surface area contributed by atoms with E-state index < -0.39 is 5.60 Å². The van der Waals surface area contributed by atoms with E-state index in [9.17, 15) is 4.79 Å². The SMILES string of the molecule is CC(C)(C)OC(=O)NCC1CCN(Cc2cnc(Cl)s2)CC1. The van der Waals surface area contributed by atoms with Crippen molar-refractivity contribution in [3.8, 4) is 0 Å². The van der Waals surface area contributed by atoms with Crippen LogP contribution in [0.15, 0.2) is 6.20 Å². The quantitative estimate of drug-likeness (QED) is 0.906. The summed E-state index contributed by atoms with van der Waals surface area (Å²) in [6.45, 7) is 9.29. The van der Waals surface area contributed by atoms with Crippen LogP contribution in [0, 0.1) is 5.92 Å². The third kappa shape index (κ3) is 6.10. The maximum Gasteiger partial charge on any atom is 0.407 e. The predicted octanol–water partition coefficient (Wildman–Crippen LogP) is 3.53. The van der Waals surface area contributed by atoms with Crippen molar-refractivity contribution in [1.82, 2.24) is 15.2 Å². The van der Waals surface area contributed by atoms with Crippen molar-refractivity contribution in [3.05, 3.63) is 15.5 Å². The molecule has 1 aromatic rings. The first kappa shape index (κ1) is 17.5. The van der Waals surface area contributed by atoms with Crippen molar-refractivity contribution in [2.45, 2.75) is 45.8 Å². The molecule has 0 aromatic carbocycles. The number of nitrogens with zero attached hydrogens (tertiary/aromatic N) is 2. The summed E-state index contributed by atoms with van der Waals surface area (Å²) in [5, 5.41) is 2.87. The first-order chi connectivity index (χ1) is 10.3. The molecule has 1 saturated heterocycles. The number of hydrogen-bond donors (Lipinski definition) is 1. The van der Waals surface area contributed by atoms with E-state index in [0.29, 0.717) is 16.9 Å². The van der Waals surface area contributed by atoms with Crippen molar-refractivity contribution in [2.24, 2.45) is 5.92 Å². The molecule has 1 fully saturated rings. The Balaban J connectivity index is 1.66. The Bertz CT molecular complexity index is 493. The lowest BCUT2D eigenvalue weighted by atomic mass is 9.97. The topological polar surface area (TPSA) is 54.5 Å². The van der Waals surface area contributed by atoms with E-state index in [4.69, 9.17) is 16.3 Å². The number of ether oxygens (including phenoxy) is 1. The van der Waals surface area contributed by atoms with Gasteiger partial charge in [0, 0.05) is 24.2 Å². The molecule has 1 aliphatic rings. The molecule has 5 nitrogen and oxygen atoms in total. The molecule has 1 N–H and O–H groups in total. The third-order valence-corrected chi connectivity index (χ3v) is 4.65. The van der Waals surface area contributed by atoms with Gasteiger partial charge in [-0.2, -0.15) is 0 Å². The summed E-state index contributed by atoms with van der Waals surface area (Å²) in [4.78, 5) is 19.3. The first-order valence-corrected chi connectivity index (χ1v) is 8.81. The Hall–Kier alpha value is -0.850. The molecular weight excluding hydrogens is 322 g/mol. The van der Waals surface area contributed by atoms with Crippen LogP contribution < -0.4 is 5.32 Å². The zero-order valence-electron chi connectivity index (χ0n) is 13.4. The highest BCUT2D eigenvalue weighted by Gasteiger charge is 2.22. The average molecular weight is 346 g/mol. The molecule has 2 rings (SSSR count). The molecule has 22 heavy (non-hydrogen) atoms. The zero-order valence-corrected chi connectivity index (χ0v) is 15.0. The smallest absolute Gasteiger partial charge is 0.407 e. The second-order valence-electron chi connectivity index (χ2n) is 6.68. The number of amides is 1.